The highest BCUT2D eigenvalue weighted by atomic mass is 16.7. The molecule has 12 nitrogen and oxygen atoms in total. The van der Waals surface area contributed by atoms with E-state index in [4.69, 9.17) is 23.7 Å². The van der Waals surface area contributed by atoms with Gasteiger partial charge in [-0.25, -0.2) is 4.79 Å². The number of unbranched alkanes of at least 4 members (excludes halogenated alkanes) is 27. The molecular formula is C63H108O12. The molecule has 1 saturated heterocycles. The van der Waals surface area contributed by atoms with Crippen LogP contribution in [0, 0.1) is 0 Å². The number of carbonyl (C=O) groups is 4. The maximum atomic E-state index is 13.1. The van der Waals surface area contributed by atoms with Crippen LogP contribution in [0.2, 0.25) is 0 Å². The van der Waals surface area contributed by atoms with Gasteiger partial charge in [-0.15, -0.1) is 0 Å². The number of carboxylic acid groups (broad SMARTS) is 1. The first-order chi connectivity index (χ1) is 36.6. The van der Waals surface area contributed by atoms with E-state index in [0.29, 0.717) is 19.3 Å². The molecule has 0 radical (unpaired) electrons. The molecule has 0 amide bonds. The van der Waals surface area contributed by atoms with Crippen molar-refractivity contribution in [1.29, 1.82) is 0 Å². The Morgan fingerprint density at radius 3 is 1.31 bits per heavy atom. The molecule has 432 valence electrons. The van der Waals surface area contributed by atoms with Gasteiger partial charge in [0.2, 0.25) is 0 Å². The Morgan fingerprint density at radius 1 is 0.453 bits per heavy atom. The van der Waals surface area contributed by atoms with E-state index in [1.165, 1.54) is 83.5 Å². The average Bonchev–Trinajstić information content (AvgIpc) is 3.39. The summed E-state index contributed by atoms with van der Waals surface area (Å²) in [6.45, 7) is 5.86. The van der Waals surface area contributed by atoms with Crippen molar-refractivity contribution >= 4 is 23.9 Å². The largest absolute Gasteiger partial charge is 0.479 e. The van der Waals surface area contributed by atoms with Crippen molar-refractivity contribution in [2.75, 3.05) is 13.2 Å². The molecule has 6 unspecified atom stereocenters. The van der Waals surface area contributed by atoms with Crippen LogP contribution < -0.4 is 0 Å². The molecule has 1 rings (SSSR count). The summed E-state index contributed by atoms with van der Waals surface area (Å²) in [4.78, 5) is 51.1. The second kappa shape index (κ2) is 51.2. The summed E-state index contributed by atoms with van der Waals surface area (Å²) in [6, 6.07) is 0. The summed E-state index contributed by atoms with van der Waals surface area (Å²) >= 11 is 0. The lowest BCUT2D eigenvalue weighted by atomic mass is 9.98. The highest BCUT2D eigenvalue weighted by Gasteiger charge is 2.50. The van der Waals surface area contributed by atoms with Gasteiger partial charge in [-0.2, -0.15) is 0 Å². The Balaban J connectivity index is 2.68. The number of aliphatic hydroxyl groups is 2. The normalized spacial score (nSPS) is 18.5. The maximum Gasteiger partial charge on any atom is 0.335 e. The highest BCUT2D eigenvalue weighted by molar-refractivity contribution is 5.74. The van der Waals surface area contributed by atoms with Crippen LogP contribution in [-0.2, 0) is 42.9 Å². The zero-order valence-electron chi connectivity index (χ0n) is 47.5. The molecule has 6 atom stereocenters. The van der Waals surface area contributed by atoms with Crippen molar-refractivity contribution in [3.63, 3.8) is 0 Å². The fourth-order valence-corrected chi connectivity index (χ4v) is 8.94. The Kier molecular flexibility index (Phi) is 47.4. The highest BCUT2D eigenvalue weighted by Crippen LogP contribution is 2.26. The summed E-state index contributed by atoms with van der Waals surface area (Å²) in [5, 5.41) is 31.5. The molecule has 3 N–H and O–H groups in total. The van der Waals surface area contributed by atoms with E-state index < -0.39 is 67.3 Å². The lowest BCUT2D eigenvalue weighted by molar-refractivity contribution is -0.301. The second-order valence-corrected chi connectivity index (χ2v) is 20.6. The Labute approximate surface area is 456 Å². The summed E-state index contributed by atoms with van der Waals surface area (Å²) in [7, 11) is 0. The smallest absolute Gasteiger partial charge is 0.335 e. The first kappa shape index (κ1) is 69.4. The summed E-state index contributed by atoms with van der Waals surface area (Å²) < 4.78 is 28.4. The average molecular weight is 1060 g/mol. The first-order valence-electron chi connectivity index (χ1n) is 30.3. The van der Waals surface area contributed by atoms with E-state index in [1.807, 2.05) is 0 Å². The molecule has 0 saturated carbocycles. The van der Waals surface area contributed by atoms with Gasteiger partial charge in [0.05, 0.1) is 6.61 Å². The molecule has 1 aliphatic heterocycles. The van der Waals surface area contributed by atoms with Crippen LogP contribution in [-0.4, -0.2) is 89.2 Å². The van der Waals surface area contributed by atoms with Crippen LogP contribution in [0.3, 0.4) is 0 Å². The lowest BCUT2D eigenvalue weighted by Crippen LogP contribution is -2.61. The molecule has 1 aliphatic rings. The van der Waals surface area contributed by atoms with Crippen molar-refractivity contribution in [3.8, 4) is 0 Å². The van der Waals surface area contributed by atoms with Crippen molar-refractivity contribution in [2.45, 2.75) is 302 Å². The zero-order valence-corrected chi connectivity index (χ0v) is 47.5. The molecule has 0 aromatic carbocycles. The number of carboxylic acids is 1. The number of esters is 3. The van der Waals surface area contributed by atoms with Crippen LogP contribution in [0.1, 0.15) is 265 Å². The van der Waals surface area contributed by atoms with Gasteiger partial charge in [0.1, 0.15) is 18.8 Å². The van der Waals surface area contributed by atoms with Crippen LogP contribution in [0.15, 0.2) is 60.8 Å². The maximum absolute atomic E-state index is 13.1. The van der Waals surface area contributed by atoms with Crippen molar-refractivity contribution < 1.29 is 58.2 Å². The number of aliphatic hydroxyl groups excluding tert-OH is 2. The fraction of sp³-hybridized carbons (Fsp3) is 0.778. The number of allylic oxidation sites excluding steroid dienone is 10. The molecule has 1 heterocycles. The number of hydrogen-bond donors (Lipinski definition) is 3. The Morgan fingerprint density at radius 2 is 0.840 bits per heavy atom. The molecule has 12 heteroatoms. The third-order valence-electron chi connectivity index (χ3n) is 13.6. The van der Waals surface area contributed by atoms with Crippen LogP contribution in [0.4, 0.5) is 0 Å². The van der Waals surface area contributed by atoms with Gasteiger partial charge in [0.15, 0.2) is 24.6 Å². The van der Waals surface area contributed by atoms with Gasteiger partial charge in [0.25, 0.3) is 0 Å². The van der Waals surface area contributed by atoms with Gasteiger partial charge in [-0.1, -0.05) is 223 Å². The number of ether oxygens (including phenoxy) is 5. The van der Waals surface area contributed by atoms with Gasteiger partial charge in [0, 0.05) is 19.3 Å². The van der Waals surface area contributed by atoms with Crippen LogP contribution in [0.25, 0.3) is 0 Å². The van der Waals surface area contributed by atoms with Gasteiger partial charge in [-0.3, -0.25) is 14.4 Å². The van der Waals surface area contributed by atoms with Crippen molar-refractivity contribution in [3.05, 3.63) is 60.8 Å². The van der Waals surface area contributed by atoms with E-state index >= 15 is 0 Å². The van der Waals surface area contributed by atoms with Crippen molar-refractivity contribution in [1.82, 2.24) is 0 Å². The number of carbonyl (C=O) groups excluding carboxylic acids is 3. The minimum Gasteiger partial charge on any atom is -0.479 e. The van der Waals surface area contributed by atoms with E-state index in [-0.39, 0.29) is 25.9 Å². The minimum absolute atomic E-state index is 0.0497. The number of aliphatic carboxylic acids is 1. The zero-order chi connectivity index (χ0) is 54.7. The molecule has 0 aliphatic carbocycles. The summed E-state index contributed by atoms with van der Waals surface area (Å²) in [5.74, 6) is -3.13. The van der Waals surface area contributed by atoms with Gasteiger partial charge >= 0.3 is 23.9 Å². The lowest BCUT2D eigenvalue weighted by Gasteiger charge is -2.40. The molecule has 75 heavy (non-hydrogen) atoms. The monoisotopic (exact) mass is 1060 g/mol. The quantitative estimate of drug-likeness (QED) is 0.0228. The van der Waals surface area contributed by atoms with E-state index in [1.54, 1.807) is 0 Å². The van der Waals surface area contributed by atoms with Gasteiger partial charge < -0.3 is 39.0 Å². The van der Waals surface area contributed by atoms with E-state index in [0.717, 1.165) is 122 Å². The molecule has 1 fully saturated rings. The summed E-state index contributed by atoms with van der Waals surface area (Å²) in [5.41, 5.74) is 0. The van der Waals surface area contributed by atoms with Crippen molar-refractivity contribution in [2.24, 2.45) is 0 Å². The molecule has 0 spiro atoms. The predicted molar refractivity (Wildman–Crippen MR) is 303 cm³/mol. The molecule has 0 bridgehead atoms. The summed E-state index contributed by atoms with van der Waals surface area (Å²) in [6.07, 6.45) is 50.4. The number of hydrogen-bond acceptors (Lipinski definition) is 11. The SMILES string of the molecule is CC/C=C\C/C=C\C/C=C\C/C=C\CCCCCCCCC(=O)OCC(COC1OC(C(=O)O)C(O)C(O)C1OC(=O)CCCCCCC/C=C\CCCCCC)OC(=O)CCCCCCCCCCCCCCC. The minimum atomic E-state index is -1.91. The number of rotatable bonds is 51. The third-order valence-corrected chi connectivity index (χ3v) is 13.6. The van der Waals surface area contributed by atoms with Gasteiger partial charge in [-0.05, 0) is 83.5 Å². The topological polar surface area (TPSA) is 175 Å². The Hall–Kier alpha value is -3.58. The molecule has 0 aromatic rings. The third kappa shape index (κ3) is 41.2. The van der Waals surface area contributed by atoms with E-state index in [2.05, 4.69) is 81.5 Å². The standard InChI is InChI=1S/C63H108O12/c1-4-7-10-13-16-19-22-25-26-27-28-29-30-33-34-37-40-43-46-49-55(64)71-52-54(73-56(65)50-47-44-41-38-35-31-23-20-17-14-11-8-5-2)53-72-63-61(59(68)58(67)60(75-63)62(69)70)74-57(66)51-48-45-42-39-36-32-24-21-18-15-12-9-6-3/h7,10,16,19,21,24-26,28-29,54,58-61,63,67-68H,4-6,8-9,11-15,17-18,20,22-23,27,30-53H2,1-3H3,(H,69,70)/b10-7-,19-16-,24-21-,26-25-,29-28-. The van der Waals surface area contributed by atoms with Crippen LogP contribution in [0.5, 0.6) is 0 Å². The second-order valence-electron chi connectivity index (χ2n) is 20.6. The Bertz CT molecular complexity index is 1540. The first-order valence-corrected chi connectivity index (χ1v) is 30.3. The fourth-order valence-electron chi connectivity index (χ4n) is 8.94. The molecular weight excluding hydrogens is 949 g/mol. The molecule has 0 aromatic heterocycles. The van der Waals surface area contributed by atoms with E-state index in [9.17, 15) is 34.5 Å². The predicted octanol–water partition coefficient (Wildman–Crippen LogP) is 15.6. The van der Waals surface area contributed by atoms with Crippen LogP contribution >= 0.6 is 0 Å².